The molecule has 2 aromatic heterocycles. The molecular formula is C21H24N4O3. The van der Waals surface area contributed by atoms with Gasteiger partial charge in [0.25, 0.3) is 5.56 Å². The van der Waals surface area contributed by atoms with Gasteiger partial charge in [-0.25, -0.2) is 9.97 Å². The SMILES string of the molecule is CCOc1ccc(-n2c([C@@H](C)NCCC(C)=O)nc3ncccc3c2=O)cc1. The number of rotatable bonds is 8. The van der Waals surface area contributed by atoms with Gasteiger partial charge < -0.3 is 10.1 Å². The average Bonchev–Trinajstić information content (AvgIpc) is 2.68. The van der Waals surface area contributed by atoms with Gasteiger partial charge in [-0.05, 0) is 57.2 Å². The van der Waals surface area contributed by atoms with Crippen molar-refractivity contribution in [2.75, 3.05) is 13.2 Å². The number of pyridine rings is 1. The first-order valence-electron chi connectivity index (χ1n) is 9.35. The van der Waals surface area contributed by atoms with Crippen molar-refractivity contribution in [2.24, 2.45) is 0 Å². The number of hydrogen-bond donors (Lipinski definition) is 1. The lowest BCUT2D eigenvalue weighted by molar-refractivity contribution is -0.116. The van der Waals surface area contributed by atoms with Gasteiger partial charge in [0.1, 0.15) is 17.4 Å². The second-order valence-corrected chi connectivity index (χ2v) is 6.54. The minimum Gasteiger partial charge on any atom is -0.494 e. The van der Waals surface area contributed by atoms with Gasteiger partial charge in [0, 0.05) is 19.2 Å². The third kappa shape index (κ3) is 4.26. The summed E-state index contributed by atoms with van der Waals surface area (Å²) in [7, 11) is 0. The van der Waals surface area contributed by atoms with Crippen LogP contribution in [0.3, 0.4) is 0 Å². The number of nitrogens with zero attached hydrogens (tertiary/aromatic N) is 3. The predicted octanol–water partition coefficient (Wildman–Crippen LogP) is 2.81. The van der Waals surface area contributed by atoms with E-state index in [1.54, 1.807) is 29.8 Å². The number of aromatic nitrogens is 3. The van der Waals surface area contributed by atoms with Crippen molar-refractivity contribution >= 4 is 16.8 Å². The van der Waals surface area contributed by atoms with Crippen LogP contribution in [0.5, 0.6) is 5.75 Å². The smallest absolute Gasteiger partial charge is 0.267 e. The molecule has 1 aromatic carbocycles. The number of nitrogens with one attached hydrogen (secondary N) is 1. The Balaban J connectivity index is 2.08. The molecule has 0 spiro atoms. The number of hydrogen-bond acceptors (Lipinski definition) is 6. The molecule has 7 nitrogen and oxygen atoms in total. The molecule has 2 heterocycles. The van der Waals surface area contributed by atoms with Gasteiger partial charge in [-0.3, -0.25) is 14.2 Å². The maximum Gasteiger partial charge on any atom is 0.267 e. The lowest BCUT2D eigenvalue weighted by Crippen LogP contribution is -2.31. The molecule has 3 rings (SSSR count). The van der Waals surface area contributed by atoms with E-state index in [4.69, 9.17) is 4.74 Å². The van der Waals surface area contributed by atoms with E-state index < -0.39 is 0 Å². The van der Waals surface area contributed by atoms with Gasteiger partial charge in [-0.15, -0.1) is 0 Å². The van der Waals surface area contributed by atoms with Crippen LogP contribution in [-0.2, 0) is 4.79 Å². The van der Waals surface area contributed by atoms with Crippen LogP contribution >= 0.6 is 0 Å². The second-order valence-electron chi connectivity index (χ2n) is 6.54. The molecule has 0 unspecified atom stereocenters. The molecule has 0 fully saturated rings. The van der Waals surface area contributed by atoms with Crippen LogP contribution in [0.25, 0.3) is 16.7 Å². The largest absolute Gasteiger partial charge is 0.494 e. The van der Waals surface area contributed by atoms with Crippen molar-refractivity contribution in [1.82, 2.24) is 19.9 Å². The van der Waals surface area contributed by atoms with E-state index in [0.29, 0.717) is 42.1 Å². The molecule has 7 heteroatoms. The zero-order valence-corrected chi connectivity index (χ0v) is 16.3. The zero-order chi connectivity index (χ0) is 20.1. The molecule has 28 heavy (non-hydrogen) atoms. The molecule has 1 N–H and O–H groups in total. The van der Waals surface area contributed by atoms with Gasteiger partial charge >= 0.3 is 0 Å². The molecule has 0 aliphatic rings. The van der Waals surface area contributed by atoms with Gasteiger partial charge in [-0.2, -0.15) is 0 Å². The van der Waals surface area contributed by atoms with Gasteiger partial charge in [0.15, 0.2) is 5.65 Å². The Bertz CT molecular complexity index is 1030. The number of ketones is 1. The van der Waals surface area contributed by atoms with Crippen LogP contribution in [-0.4, -0.2) is 33.5 Å². The molecule has 0 amide bonds. The lowest BCUT2D eigenvalue weighted by Gasteiger charge is -2.19. The Labute approximate surface area is 163 Å². The number of carbonyl (C=O) groups excluding carboxylic acids is 1. The van der Waals surface area contributed by atoms with E-state index in [-0.39, 0.29) is 17.4 Å². The number of ether oxygens (including phenoxy) is 1. The van der Waals surface area contributed by atoms with Crippen molar-refractivity contribution in [2.45, 2.75) is 33.2 Å². The quantitative estimate of drug-likeness (QED) is 0.647. The van der Waals surface area contributed by atoms with Gasteiger partial charge in [-0.1, -0.05) is 0 Å². The topological polar surface area (TPSA) is 86.1 Å². The minimum absolute atomic E-state index is 0.108. The highest BCUT2D eigenvalue weighted by atomic mass is 16.5. The highest BCUT2D eigenvalue weighted by molar-refractivity contribution is 5.75. The molecule has 0 aliphatic carbocycles. The molecule has 0 radical (unpaired) electrons. The number of fused-ring (bicyclic) bond motifs is 1. The first kappa shape index (κ1) is 19.7. The fourth-order valence-electron chi connectivity index (χ4n) is 2.99. The fourth-order valence-corrected chi connectivity index (χ4v) is 2.99. The van der Waals surface area contributed by atoms with Gasteiger partial charge in [0.05, 0.1) is 23.7 Å². The van der Waals surface area contributed by atoms with Crippen LogP contribution < -0.4 is 15.6 Å². The van der Waals surface area contributed by atoms with E-state index in [1.165, 1.54) is 0 Å². The van der Waals surface area contributed by atoms with E-state index in [0.717, 1.165) is 5.75 Å². The summed E-state index contributed by atoms with van der Waals surface area (Å²) in [5, 5.41) is 3.72. The van der Waals surface area contributed by atoms with Crippen LogP contribution in [0, 0.1) is 0 Å². The fraction of sp³-hybridized carbons (Fsp3) is 0.333. The van der Waals surface area contributed by atoms with Crippen molar-refractivity contribution < 1.29 is 9.53 Å². The van der Waals surface area contributed by atoms with Crippen molar-refractivity contribution in [3.63, 3.8) is 0 Å². The Kier molecular flexibility index (Phi) is 6.16. The Morgan fingerprint density at radius 1 is 1.25 bits per heavy atom. The first-order valence-corrected chi connectivity index (χ1v) is 9.35. The normalized spacial score (nSPS) is 12.1. The maximum absolute atomic E-state index is 13.2. The van der Waals surface area contributed by atoms with Crippen LogP contribution in [0.4, 0.5) is 0 Å². The van der Waals surface area contributed by atoms with Crippen LogP contribution in [0.1, 0.15) is 39.1 Å². The predicted molar refractivity (Wildman–Crippen MR) is 108 cm³/mol. The summed E-state index contributed by atoms with van der Waals surface area (Å²) in [6.07, 6.45) is 2.04. The minimum atomic E-state index is -0.245. The molecule has 1 atom stereocenters. The van der Waals surface area contributed by atoms with Crippen molar-refractivity contribution in [3.8, 4) is 11.4 Å². The molecule has 0 saturated carbocycles. The van der Waals surface area contributed by atoms with E-state index in [9.17, 15) is 9.59 Å². The summed E-state index contributed by atoms with van der Waals surface area (Å²) in [6, 6.07) is 10.5. The molecule has 0 aliphatic heterocycles. The maximum atomic E-state index is 13.2. The van der Waals surface area contributed by atoms with E-state index in [1.807, 2.05) is 38.1 Å². The van der Waals surface area contributed by atoms with Crippen molar-refractivity contribution in [1.29, 1.82) is 0 Å². The van der Waals surface area contributed by atoms with Crippen LogP contribution in [0.2, 0.25) is 0 Å². The molecular weight excluding hydrogens is 356 g/mol. The standard InChI is InChI=1S/C21H24N4O3/c1-4-28-17-9-7-16(8-10-17)25-20(15(3)22-13-11-14(2)26)24-19-18(21(25)27)6-5-12-23-19/h5-10,12,15,22H,4,11,13H2,1-3H3/t15-/m1/s1. The number of carbonyl (C=O) groups is 1. The molecule has 0 saturated heterocycles. The Hall–Kier alpha value is -3.06. The summed E-state index contributed by atoms with van der Waals surface area (Å²) in [5.41, 5.74) is 0.921. The Morgan fingerprint density at radius 2 is 2.00 bits per heavy atom. The highest BCUT2D eigenvalue weighted by Gasteiger charge is 2.18. The Morgan fingerprint density at radius 3 is 2.68 bits per heavy atom. The second kappa shape index (κ2) is 8.75. The molecule has 3 aromatic rings. The summed E-state index contributed by atoms with van der Waals surface area (Å²) >= 11 is 0. The third-order valence-electron chi connectivity index (χ3n) is 4.39. The average molecular weight is 380 g/mol. The van der Waals surface area contributed by atoms with Crippen molar-refractivity contribution in [3.05, 3.63) is 58.8 Å². The summed E-state index contributed by atoms with van der Waals surface area (Å²) in [4.78, 5) is 33.3. The summed E-state index contributed by atoms with van der Waals surface area (Å²) in [5.74, 6) is 1.39. The highest BCUT2D eigenvalue weighted by Crippen LogP contribution is 2.19. The lowest BCUT2D eigenvalue weighted by atomic mass is 10.2. The number of Topliss-reactive ketones (excluding diaryl/α,β-unsaturated/α-hetero) is 1. The monoisotopic (exact) mass is 380 g/mol. The summed E-state index contributed by atoms with van der Waals surface area (Å²) in [6.45, 7) is 6.48. The van der Waals surface area contributed by atoms with Crippen LogP contribution in [0.15, 0.2) is 47.4 Å². The van der Waals surface area contributed by atoms with E-state index >= 15 is 0 Å². The summed E-state index contributed by atoms with van der Waals surface area (Å²) < 4.78 is 7.08. The van der Waals surface area contributed by atoms with E-state index in [2.05, 4.69) is 15.3 Å². The molecule has 0 bridgehead atoms. The zero-order valence-electron chi connectivity index (χ0n) is 16.3. The first-order chi connectivity index (χ1) is 13.5. The van der Waals surface area contributed by atoms with Gasteiger partial charge in [0.2, 0.25) is 0 Å². The number of benzene rings is 1. The third-order valence-corrected chi connectivity index (χ3v) is 4.39. The molecule has 146 valence electrons.